The highest BCUT2D eigenvalue weighted by atomic mass is 16.3. The van der Waals surface area contributed by atoms with Crippen LogP contribution in [0.15, 0.2) is 12.1 Å². The Morgan fingerprint density at radius 1 is 0.710 bits per heavy atom. The van der Waals surface area contributed by atoms with Gasteiger partial charge in [-0.15, -0.1) is 0 Å². The number of piperazine rings is 2. The predicted octanol–water partition coefficient (Wildman–Crippen LogP) is 3.05. The largest absolute Gasteiger partial charge is 0.507 e. The molecule has 2 heterocycles. The normalized spacial score (nSPS) is 20.4. The van der Waals surface area contributed by atoms with Crippen molar-refractivity contribution in [1.29, 1.82) is 0 Å². The summed E-state index contributed by atoms with van der Waals surface area (Å²) < 4.78 is 0. The van der Waals surface area contributed by atoms with Gasteiger partial charge in [0, 0.05) is 52.4 Å². The lowest BCUT2D eigenvalue weighted by Gasteiger charge is -2.32. The second kappa shape index (κ2) is 11.1. The van der Waals surface area contributed by atoms with Gasteiger partial charge in [0.05, 0.1) is 0 Å². The van der Waals surface area contributed by atoms with Crippen LogP contribution in [0.3, 0.4) is 0 Å². The molecule has 0 unspecified atom stereocenters. The topological polar surface area (TPSA) is 33.2 Å². The molecule has 5 heteroatoms. The van der Waals surface area contributed by atoms with Gasteiger partial charge in [-0.3, -0.25) is 0 Å². The summed E-state index contributed by atoms with van der Waals surface area (Å²) in [6, 6.07) is 4.53. The monoisotopic (exact) mass is 430 g/mol. The summed E-state index contributed by atoms with van der Waals surface area (Å²) >= 11 is 0. The number of rotatable bonds is 8. The van der Waals surface area contributed by atoms with Crippen molar-refractivity contribution in [1.82, 2.24) is 19.6 Å². The molecule has 2 aliphatic heterocycles. The van der Waals surface area contributed by atoms with E-state index in [4.69, 9.17) is 0 Å². The Morgan fingerprint density at radius 3 is 1.45 bits per heavy atom. The van der Waals surface area contributed by atoms with Crippen molar-refractivity contribution in [2.75, 3.05) is 79.5 Å². The molecule has 5 nitrogen and oxygen atoms in total. The minimum atomic E-state index is 0.103. The zero-order chi connectivity index (χ0) is 22.4. The zero-order valence-corrected chi connectivity index (χ0v) is 20.8. The summed E-state index contributed by atoms with van der Waals surface area (Å²) in [7, 11) is 4.41. The highest BCUT2D eigenvalue weighted by Crippen LogP contribution is 2.32. The Kier molecular flexibility index (Phi) is 8.80. The Morgan fingerprint density at radius 2 is 1.10 bits per heavy atom. The van der Waals surface area contributed by atoms with Crippen LogP contribution < -0.4 is 0 Å². The van der Waals surface area contributed by atoms with E-state index in [0.29, 0.717) is 5.75 Å². The van der Waals surface area contributed by atoms with Gasteiger partial charge in [-0.2, -0.15) is 0 Å². The van der Waals surface area contributed by atoms with Crippen LogP contribution in [-0.4, -0.2) is 104 Å². The van der Waals surface area contributed by atoms with Gasteiger partial charge in [-0.05, 0) is 75.0 Å². The number of phenolic OH excluding ortho intramolecular Hbond substituents is 1. The molecular formula is C26H46N4O. The quantitative estimate of drug-likeness (QED) is 0.685. The van der Waals surface area contributed by atoms with Crippen LogP contribution in [-0.2, 0) is 18.3 Å². The molecule has 0 amide bonds. The highest BCUT2D eigenvalue weighted by Gasteiger charge is 2.20. The fourth-order valence-corrected chi connectivity index (χ4v) is 4.70. The molecule has 0 spiro atoms. The van der Waals surface area contributed by atoms with E-state index < -0.39 is 0 Å². The van der Waals surface area contributed by atoms with Gasteiger partial charge in [0.15, 0.2) is 0 Å². The summed E-state index contributed by atoms with van der Waals surface area (Å²) in [6.07, 6.45) is 4.16. The van der Waals surface area contributed by atoms with Gasteiger partial charge in [0.2, 0.25) is 0 Å². The molecule has 0 saturated carbocycles. The summed E-state index contributed by atoms with van der Waals surface area (Å²) in [5.74, 6) is 0.560. The molecule has 0 radical (unpaired) electrons. The van der Waals surface area contributed by atoms with Crippen molar-refractivity contribution in [2.24, 2.45) is 0 Å². The van der Waals surface area contributed by atoms with Crippen molar-refractivity contribution in [3.63, 3.8) is 0 Å². The lowest BCUT2D eigenvalue weighted by atomic mass is 9.83. The lowest BCUT2D eigenvalue weighted by molar-refractivity contribution is 0.152. The van der Waals surface area contributed by atoms with Crippen LogP contribution in [0, 0.1) is 0 Å². The second-order valence-electron chi connectivity index (χ2n) is 10.9. The number of phenols is 1. The number of nitrogens with zero attached hydrogens (tertiary/aromatic N) is 4. The minimum Gasteiger partial charge on any atom is -0.507 e. The minimum absolute atomic E-state index is 0.103. The number of hydrogen-bond donors (Lipinski definition) is 1. The Bertz CT molecular complexity index is 634. The molecule has 1 aromatic carbocycles. The summed E-state index contributed by atoms with van der Waals surface area (Å²) in [4.78, 5) is 9.95. The Hall–Kier alpha value is -1.14. The van der Waals surface area contributed by atoms with Crippen LogP contribution in [0.25, 0.3) is 0 Å². The first-order chi connectivity index (χ1) is 14.7. The molecule has 0 bridgehead atoms. The predicted molar refractivity (Wildman–Crippen MR) is 131 cm³/mol. The maximum atomic E-state index is 11.1. The van der Waals surface area contributed by atoms with Gasteiger partial charge in [0.1, 0.15) is 5.75 Å². The SMILES string of the molecule is CN1CCN(CCCc2cc(C(C)(C)C)cc(CCCN3CCN(C)CC3)c2O)CC1. The number of aromatic hydroxyl groups is 1. The van der Waals surface area contributed by atoms with E-state index in [-0.39, 0.29) is 5.41 Å². The molecule has 176 valence electrons. The van der Waals surface area contributed by atoms with E-state index in [0.717, 1.165) is 49.9 Å². The molecule has 1 aromatic rings. The maximum Gasteiger partial charge on any atom is 0.121 e. The number of hydrogen-bond acceptors (Lipinski definition) is 5. The Labute approximate surface area is 191 Å². The third-order valence-corrected chi connectivity index (χ3v) is 7.17. The number of benzene rings is 1. The molecule has 3 rings (SSSR count). The van der Waals surface area contributed by atoms with Gasteiger partial charge in [-0.1, -0.05) is 32.9 Å². The molecule has 0 atom stereocenters. The van der Waals surface area contributed by atoms with Crippen LogP contribution in [0.4, 0.5) is 0 Å². The maximum absolute atomic E-state index is 11.1. The fourth-order valence-electron chi connectivity index (χ4n) is 4.70. The molecule has 31 heavy (non-hydrogen) atoms. The molecule has 2 fully saturated rings. The van der Waals surface area contributed by atoms with E-state index in [2.05, 4.69) is 66.6 Å². The van der Waals surface area contributed by atoms with Crippen LogP contribution in [0.5, 0.6) is 5.75 Å². The van der Waals surface area contributed by atoms with Gasteiger partial charge in [-0.25, -0.2) is 0 Å². The van der Waals surface area contributed by atoms with E-state index in [1.165, 1.54) is 57.9 Å². The van der Waals surface area contributed by atoms with Gasteiger partial charge >= 0.3 is 0 Å². The van der Waals surface area contributed by atoms with Crippen molar-refractivity contribution in [3.8, 4) is 5.75 Å². The van der Waals surface area contributed by atoms with Crippen molar-refractivity contribution < 1.29 is 5.11 Å². The van der Waals surface area contributed by atoms with Crippen LogP contribution in [0.1, 0.15) is 50.3 Å². The highest BCUT2D eigenvalue weighted by molar-refractivity contribution is 5.46. The second-order valence-corrected chi connectivity index (χ2v) is 10.9. The molecular weight excluding hydrogens is 384 g/mol. The molecule has 2 saturated heterocycles. The molecule has 0 aromatic heterocycles. The third kappa shape index (κ3) is 7.45. The first-order valence-corrected chi connectivity index (χ1v) is 12.4. The fraction of sp³-hybridized carbons (Fsp3) is 0.769. The van der Waals surface area contributed by atoms with E-state index in [9.17, 15) is 5.11 Å². The number of likely N-dealkylation sites (N-methyl/N-ethyl adjacent to an activating group) is 2. The average Bonchev–Trinajstić information content (AvgIpc) is 2.72. The number of aryl methyl sites for hydroxylation is 2. The van der Waals surface area contributed by atoms with Crippen LogP contribution in [0.2, 0.25) is 0 Å². The average molecular weight is 431 g/mol. The summed E-state index contributed by atoms with van der Waals surface area (Å²) in [5.41, 5.74) is 3.76. The standard InChI is InChI=1S/C26H46N4O/c1-26(2,3)24-20-22(8-6-10-29-16-12-27(4)13-17-29)25(31)23(21-24)9-7-11-30-18-14-28(5)15-19-30/h20-21,31H,6-19H2,1-5H3. The summed E-state index contributed by atoms with van der Waals surface area (Å²) in [5, 5.41) is 11.1. The van der Waals surface area contributed by atoms with Crippen molar-refractivity contribution in [3.05, 3.63) is 28.8 Å². The van der Waals surface area contributed by atoms with Crippen molar-refractivity contribution >= 4 is 0 Å². The molecule has 2 aliphatic rings. The van der Waals surface area contributed by atoms with Gasteiger partial charge < -0.3 is 24.7 Å². The molecule has 1 N–H and O–H groups in total. The first kappa shape index (κ1) is 24.5. The lowest BCUT2D eigenvalue weighted by Crippen LogP contribution is -2.44. The Balaban J connectivity index is 1.59. The third-order valence-electron chi connectivity index (χ3n) is 7.17. The van der Waals surface area contributed by atoms with Crippen molar-refractivity contribution in [2.45, 2.75) is 51.9 Å². The molecule has 0 aliphatic carbocycles. The van der Waals surface area contributed by atoms with E-state index >= 15 is 0 Å². The van der Waals surface area contributed by atoms with Crippen LogP contribution >= 0.6 is 0 Å². The summed E-state index contributed by atoms with van der Waals surface area (Å²) in [6.45, 7) is 18.4. The smallest absolute Gasteiger partial charge is 0.121 e. The first-order valence-electron chi connectivity index (χ1n) is 12.4. The van der Waals surface area contributed by atoms with E-state index in [1.54, 1.807) is 0 Å². The zero-order valence-electron chi connectivity index (χ0n) is 20.8. The van der Waals surface area contributed by atoms with Gasteiger partial charge in [0.25, 0.3) is 0 Å². The van der Waals surface area contributed by atoms with E-state index in [1.807, 2.05) is 0 Å².